The highest BCUT2D eigenvalue weighted by atomic mass is 79.9. The number of anilines is 1. The molecule has 2 aromatic carbocycles. The summed E-state index contributed by atoms with van der Waals surface area (Å²) in [4.78, 5) is 0. The molecule has 0 atom stereocenters. The average Bonchev–Trinajstić information content (AvgIpc) is 2.95. The second kappa shape index (κ2) is 5.76. The fraction of sp³-hybridized carbons (Fsp3) is 0.125. The summed E-state index contributed by atoms with van der Waals surface area (Å²) in [7, 11) is 0. The van der Waals surface area contributed by atoms with Gasteiger partial charge in [0.1, 0.15) is 0 Å². The van der Waals surface area contributed by atoms with E-state index in [0.29, 0.717) is 0 Å². The van der Waals surface area contributed by atoms with E-state index in [1.165, 1.54) is 22.0 Å². The van der Waals surface area contributed by atoms with Crippen molar-refractivity contribution in [3.05, 3.63) is 63.3 Å². The van der Waals surface area contributed by atoms with Crippen molar-refractivity contribution in [1.82, 2.24) is 0 Å². The maximum Gasteiger partial charge on any atom is 0.0420 e. The zero-order valence-corrected chi connectivity index (χ0v) is 12.8. The maximum atomic E-state index is 3.60. The molecular formula is C16H14BrNS. The average molecular weight is 332 g/mol. The standard InChI is InChI=1S/C16H14BrNS/c17-15-5-6-16(14-4-2-1-3-13(14)15)18-9-7-12-8-10-19-11-12/h1-6,8,10-11,18H,7,9H2. The van der Waals surface area contributed by atoms with E-state index in [1.54, 1.807) is 11.3 Å². The third-order valence-electron chi connectivity index (χ3n) is 3.18. The van der Waals surface area contributed by atoms with Crippen LogP contribution < -0.4 is 5.32 Å². The molecule has 0 saturated carbocycles. The van der Waals surface area contributed by atoms with Crippen LogP contribution >= 0.6 is 27.3 Å². The lowest BCUT2D eigenvalue weighted by Gasteiger charge is -2.10. The lowest BCUT2D eigenvalue weighted by Crippen LogP contribution is -2.04. The summed E-state index contributed by atoms with van der Waals surface area (Å²) >= 11 is 5.36. The van der Waals surface area contributed by atoms with Crippen LogP contribution in [0.4, 0.5) is 5.69 Å². The van der Waals surface area contributed by atoms with Gasteiger partial charge >= 0.3 is 0 Å². The molecular weight excluding hydrogens is 318 g/mol. The van der Waals surface area contributed by atoms with Crippen molar-refractivity contribution in [3.8, 4) is 0 Å². The second-order valence-corrected chi connectivity index (χ2v) is 6.08. The summed E-state index contributed by atoms with van der Waals surface area (Å²) in [5.74, 6) is 0. The highest BCUT2D eigenvalue weighted by Gasteiger charge is 2.03. The molecule has 0 radical (unpaired) electrons. The van der Waals surface area contributed by atoms with E-state index in [-0.39, 0.29) is 0 Å². The van der Waals surface area contributed by atoms with Gasteiger partial charge < -0.3 is 5.32 Å². The Bertz CT molecular complexity index is 676. The fourth-order valence-corrected chi connectivity index (χ4v) is 3.37. The van der Waals surface area contributed by atoms with Crippen LogP contribution in [-0.4, -0.2) is 6.54 Å². The molecule has 0 aliphatic carbocycles. The summed E-state index contributed by atoms with van der Waals surface area (Å²) in [6.45, 7) is 0.961. The predicted octanol–water partition coefficient (Wildman–Crippen LogP) is 5.32. The number of benzene rings is 2. The normalized spacial score (nSPS) is 10.8. The van der Waals surface area contributed by atoms with Crippen LogP contribution in [0.1, 0.15) is 5.56 Å². The first-order valence-corrected chi connectivity index (χ1v) is 8.00. The van der Waals surface area contributed by atoms with Gasteiger partial charge in [-0.1, -0.05) is 40.2 Å². The third kappa shape index (κ3) is 2.82. The van der Waals surface area contributed by atoms with Crippen molar-refractivity contribution in [3.63, 3.8) is 0 Å². The molecule has 1 heterocycles. The summed E-state index contributed by atoms with van der Waals surface area (Å²) in [6.07, 6.45) is 1.06. The summed E-state index contributed by atoms with van der Waals surface area (Å²) < 4.78 is 1.14. The van der Waals surface area contributed by atoms with Crippen LogP contribution in [0.2, 0.25) is 0 Å². The van der Waals surface area contributed by atoms with E-state index in [9.17, 15) is 0 Å². The number of thiophene rings is 1. The van der Waals surface area contributed by atoms with Crippen LogP contribution in [0.25, 0.3) is 10.8 Å². The number of nitrogens with one attached hydrogen (secondary N) is 1. The van der Waals surface area contributed by atoms with Crippen molar-refractivity contribution in [2.75, 3.05) is 11.9 Å². The highest BCUT2D eigenvalue weighted by molar-refractivity contribution is 9.10. The lowest BCUT2D eigenvalue weighted by molar-refractivity contribution is 1.03. The van der Waals surface area contributed by atoms with E-state index in [0.717, 1.165) is 17.4 Å². The molecule has 0 fully saturated rings. The SMILES string of the molecule is Brc1ccc(NCCc2ccsc2)c2ccccc12. The lowest BCUT2D eigenvalue weighted by atomic mass is 10.1. The Balaban J connectivity index is 1.79. The quantitative estimate of drug-likeness (QED) is 0.682. The van der Waals surface area contributed by atoms with Gasteiger partial charge in [0.15, 0.2) is 0 Å². The Morgan fingerprint density at radius 3 is 2.63 bits per heavy atom. The van der Waals surface area contributed by atoms with Crippen molar-refractivity contribution < 1.29 is 0 Å². The molecule has 0 bridgehead atoms. The van der Waals surface area contributed by atoms with Crippen molar-refractivity contribution in [1.29, 1.82) is 0 Å². The molecule has 0 aliphatic rings. The molecule has 0 spiro atoms. The molecule has 3 aromatic rings. The highest BCUT2D eigenvalue weighted by Crippen LogP contribution is 2.29. The van der Waals surface area contributed by atoms with Crippen molar-refractivity contribution >= 4 is 43.7 Å². The van der Waals surface area contributed by atoms with E-state index < -0.39 is 0 Å². The Labute approximate surface area is 125 Å². The van der Waals surface area contributed by atoms with Gasteiger partial charge in [-0.25, -0.2) is 0 Å². The van der Waals surface area contributed by atoms with E-state index in [1.807, 2.05) is 0 Å². The summed E-state index contributed by atoms with van der Waals surface area (Å²) in [6, 6.07) is 14.9. The molecule has 3 rings (SSSR count). The second-order valence-electron chi connectivity index (χ2n) is 4.45. The molecule has 0 aliphatic heterocycles. The van der Waals surface area contributed by atoms with Gasteiger partial charge in [-0.2, -0.15) is 11.3 Å². The third-order valence-corrected chi connectivity index (χ3v) is 4.60. The number of halogens is 1. The largest absolute Gasteiger partial charge is 0.384 e. The van der Waals surface area contributed by atoms with Gasteiger partial charge in [-0.3, -0.25) is 0 Å². The van der Waals surface area contributed by atoms with Crippen LogP contribution in [0.3, 0.4) is 0 Å². The summed E-state index contributed by atoms with van der Waals surface area (Å²) in [5.41, 5.74) is 2.60. The Kier molecular flexibility index (Phi) is 3.85. The van der Waals surface area contributed by atoms with Gasteiger partial charge in [-0.05, 0) is 46.3 Å². The first-order valence-electron chi connectivity index (χ1n) is 6.27. The minimum atomic E-state index is 0.961. The smallest absolute Gasteiger partial charge is 0.0420 e. The molecule has 0 amide bonds. The molecule has 3 heteroatoms. The van der Waals surface area contributed by atoms with Crippen LogP contribution in [0, 0.1) is 0 Å². The zero-order valence-electron chi connectivity index (χ0n) is 10.4. The van der Waals surface area contributed by atoms with Gasteiger partial charge in [0.05, 0.1) is 0 Å². The maximum absolute atomic E-state index is 3.60. The Morgan fingerprint density at radius 2 is 1.84 bits per heavy atom. The number of rotatable bonds is 4. The first kappa shape index (κ1) is 12.7. The van der Waals surface area contributed by atoms with E-state index in [4.69, 9.17) is 0 Å². The predicted molar refractivity (Wildman–Crippen MR) is 88.2 cm³/mol. The zero-order chi connectivity index (χ0) is 13.1. The first-order chi connectivity index (χ1) is 9.34. The molecule has 19 heavy (non-hydrogen) atoms. The van der Waals surface area contributed by atoms with E-state index in [2.05, 4.69) is 74.5 Å². The Morgan fingerprint density at radius 1 is 1.00 bits per heavy atom. The number of hydrogen-bond donors (Lipinski definition) is 1. The van der Waals surface area contributed by atoms with Gasteiger partial charge in [-0.15, -0.1) is 0 Å². The van der Waals surface area contributed by atoms with Gasteiger partial charge in [0, 0.05) is 22.1 Å². The number of hydrogen-bond acceptors (Lipinski definition) is 2. The minimum absolute atomic E-state index is 0.961. The summed E-state index contributed by atoms with van der Waals surface area (Å²) in [5, 5.41) is 10.4. The molecule has 1 nitrogen and oxygen atoms in total. The topological polar surface area (TPSA) is 12.0 Å². The van der Waals surface area contributed by atoms with E-state index >= 15 is 0 Å². The van der Waals surface area contributed by atoms with Crippen molar-refractivity contribution in [2.45, 2.75) is 6.42 Å². The molecule has 0 saturated heterocycles. The van der Waals surface area contributed by atoms with Gasteiger partial charge in [0.25, 0.3) is 0 Å². The van der Waals surface area contributed by atoms with Crippen LogP contribution in [0.15, 0.2) is 57.7 Å². The number of fused-ring (bicyclic) bond motifs is 1. The molecule has 96 valence electrons. The Hall–Kier alpha value is -1.32. The minimum Gasteiger partial charge on any atom is -0.384 e. The molecule has 1 N–H and O–H groups in total. The monoisotopic (exact) mass is 331 g/mol. The van der Waals surface area contributed by atoms with Crippen LogP contribution in [0.5, 0.6) is 0 Å². The molecule has 1 aromatic heterocycles. The van der Waals surface area contributed by atoms with Gasteiger partial charge in [0.2, 0.25) is 0 Å². The van der Waals surface area contributed by atoms with Crippen LogP contribution in [-0.2, 0) is 6.42 Å². The fourth-order valence-electron chi connectivity index (χ4n) is 2.19. The molecule has 0 unspecified atom stereocenters. The van der Waals surface area contributed by atoms with Crippen molar-refractivity contribution in [2.24, 2.45) is 0 Å².